The van der Waals surface area contributed by atoms with E-state index in [1.807, 2.05) is 17.0 Å². The van der Waals surface area contributed by atoms with Crippen LogP contribution in [0.4, 0.5) is 5.69 Å². The molecule has 2 aromatic carbocycles. The molecule has 1 aromatic heterocycles. The molecule has 0 bridgehead atoms. The Hall–Kier alpha value is -2.97. The highest BCUT2D eigenvalue weighted by molar-refractivity contribution is 7.20. The van der Waals surface area contributed by atoms with Gasteiger partial charge in [-0.3, -0.25) is 19.8 Å². The van der Waals surface area contributed by atoms with Gasteiger partial charge in [-0.2, -0.15) is 0 Å². The molecular weight excluding hydrogens is 390 g/mol. The Bertz CT molecular complexity index is 1040. The van der Waals surface area contributed by atoms with E-state index in [1.165, 1.54) is 29.0 Å². The molecule has 29 heavy (non-hydrogen) atoms. The lowest BCUT2D eigenvalue weighted by Gasteiger charge is -2.34. The highest BCUT2D eigenvalue weighted by Crippen LogP contribution is 2.30. The molecule has 1 aliphatic rings. The van der Waals surface area contributed by atoms with Crippen molar-refractivity contribution in [2.75, 3.05) is 33.3 Å². The highest BCUT2D eigenvalue weighted by Gasteiger charge is 2.24. The van der Waals surface area contributed by atoms with Crippen LogP contribution in [0.3, 0.4) is 0 Å². The first-order valence-corrected chi connectivity index (χ1v) is 10.2. The Balaban J connectivity index is 1.38. The van der Waals surface area contributed by atoms with Crippen LogP contribution in [0.15, 0.2) is 48.5 Å². The smallest absolute Gasteiger partial charge is 0.270 e. The maximum absolute atomic E-state index is 12.9. The van der Waals surface area contributed by atoms with Gasteiger partial charge in [-0.05, 0) is 29.8 Å². The molecule has 3 aromatic rings. The van der Waals surface area contributed by atoms with E-state index in [4.69, 9.17) is 4.74 Å². The topological polar surface area (TPSA) is 75.9 Å². The molecule has 0 saturated carbocycles. The molecule has 7 nitrogen and oxygen atoms in total. The normalized spacial score (nSPS) is 14.9. The van der Waals surface area contributed by atoms with Crippen LogP contribution in [-0.4, -0.2) is 53.9 Å². The van der Waals surface area contributed by atoms with Gasteiger partial charge in [0.05, 0.1) is 16.9 Å². The zero-order valence-electron chi connectivity index (χ0n) is 16.0. The van der Waals surface area contributed by atoms with Crippen LogP contribution < -0.4 is 4.74 Å². The van der Waals surface area contributed by atoms with Crippen molar-refractivity contribution in [3.05, 3.63) is 69.1 Å². The van der Waals surface area contributed by atoms with Crippen molar-refractivity contribution in [2.45, 2.75) is 6.54 Å². The Morgan fingerprint density at radius 2 is 1.83 bits per heavy atom. The number of ether oxygens (including phenoxy) is 1. The third kappa shape index (κ3) is 4.23. The number of rotatable bonds is 5. The average molecular weight is 411 g/mol. The summed E-state index contributed by atoms with van der Waals surface area (Å²) in [4.78, 5) is 28.3. The van der Waals surface area contributed by atoms with E-state index in [0.717, 1.165) is 35.5 Å². The van der Waals surface area contributed by atoms with Gasteiger partial charge < -0.3 is 9.64 Å². The van der Waals surface area contributed by atoms with Crippen LogP contribution in [0.25, 0.3) is 10.1 Å². The molecule has 0 aliphatic carbocycles. The summed E-state index contributed by atoms with van der Waals surface area (Å²) in [5.41, 5.74) is 1.26. The van der Waals surface area contributed by atoms with Crippen LogP contribution in [0.5, 0.6) is 5.75 Å². The van der Waals surface area contributed by atoms with E-state index in [1.54, 1.807) is 19.2 Å². The molecule has 0 spiro atoms. The number of non-ortho nitro benzene ring substituents is 1. The Labute approximate surface area is 172 Å². The summed E-state index contributed by atoms with van der Waals surface area (Å²) in [6.07, 6.45) is 0. The second-order valence-electron chi connectivity index (χ2n) is 7.01. The number of hydrogen-bond acceptors (Lipinski definition) is 6. The van der Waals surface area contributed by atoms with Crippen molar-refractivity contribution in [3.63, 3.8) is 0 Å². The number of methoxy groups -OCH3 is 1. The lowest BCUT2D eigenvalue weighted by molar-refractivity contribution is -0.384. The molecule has 8 heteroatoms. The van der Waals surface area contributed by atoms with E-state index < -0.39 is 4.92 Å². The van der Waals surface area contributed by atoms with E-state index in [2.05, 4.69) is 17.0 Å². The fourth-order valence-electron chi connectivity index (χ4n) is 3.50. The quantitative estimate of drug-likeness (QED) is 0.472. The molecule has 1 aliphatic heterocycles. The number of nitro groups is 1. The van der Waals surface area contributed by atoms with Crippen molar-refractivity contribution in [1.82, 2.24) is 9.80 Å². The number of fused-ring (bicyclic) bond motifs is 1. The first kappa shape index (κ1) is 19.4. The second-order valence-corrected chi connectivity index (χ2v) is 8.09. The number of amides is 1. The lowest BCUT2D eigenvalue weighted by atomic mass is 10.2. The Morgan fingerprint density at radius 1 is 1.10 bits per heavy atom. The van der Waals surface area contributed by atoms with E-state index >= 15 is 0 Å². The van der Waals surface area contributed by atoms with E-state index in [9.17, 15) is 14.9 Å². The van der Waals surface area contributed by atoms with Crippen LogP contribution in [0.1, 0.15) is 15.2 Å². The summed E-state index contributed by atoms with van der Waals surface area (Å²) in [7, 11) is 1.66. The summed E-state index contributed by atoms with van der Waals surface area (Å²) in [5, 5.41) is 11.7. The number of piperazine rings is 1. The number of thiophene rings is 1. The summed E-state index contributed by atoms with van der Waals surface area (Å²) in [6.45, 7) is 3.81. The van der Waals surface area contributed by atoms with Crippen molar-refractivity contribution < 1.29 is 14.5 Å². The van der Waals surface area contributed by atoms with Gasteiger partial charge in [-0.1, -0.05) is 12.1 Å². The fourth-order valence-corrected chi connectivity index (χ4v) is 4.51. The number of hydrogen-bond donors (Lipinski definition) is 0. The minimum atomic E-state index is -0.416. The first-order valence-electron chi connectivity index (χ1n) is 9.36. The Kier molecular flexibility index (Phi) is 5.46. The predicted octanol–water partition coefficient (Wildman–Crippen LogP) is 3.78. The number of benzene rings is 2. The molecule has 1 saturated heterocycles. The molecule has 1 fully saturated rings. The Morgan fingerprint density at radius 3 is 2.48 bits per heavy atom. The van der Waals surface area contributed by atoms with Gasteiger partial charge in [0.15, 0.2) is 0 Å². The average Bonchev–Trinajstić information content (AvgIpc) is 3.17. The molecule has 0 unspecified atom stereocenters. The molecule has 1 amide bonds. The zero-order valence-corrected chi connectivity index (χ0v) is 16.9. The number of carbonyl (C=O) groups is 1. The summed E-state index contributed by atoms with van der Waals surface area (Å²) in [6, 6.07) is 14.5. The van der Waals surface area contributed by atoms with Gasteiger partial charge in [0.25, 0.3) is 11.6 Å². The molecule has 0 N–H and O–H groups in total. The van der Waals surface area contributed by atoms with E-state index in [-0.39, 0.29) is 11.6 Å². The standard InChI is InChI=1S/C21H21N3O4S/c1-28-18-5-2-15(3-6-18)14-22-8-10-23(11-9-22)21(25)20-13-16-12-17(24(26)27)4-7-19(16)29-20/h2-7,12-13H,8-11,14H2,1H3. The minimum absolute atomic E-state index is 0.00190. The molecule has 2 heterocycles. The third-order valence-electron chi connectivity index (χ3n) is 5.15. The van der Waals surface area contributed by atoms with Crippen molar-refractivity contribution >= 4 is 33.0 Å². The van der Waals surface area contributed by atoms with Crippen LogP contribution in [0.2, 0.25) is 0 Å². The molecule has 0 atom stereocenters. The van der Waals surface area contributed by atoms with Crippen molar-refractivity contribution in [1.29, 1.82) is 0 Å². The van der Waals surface area contributed by atoms with Gasteiger partial charge in [-0.25, -0.2) is 0 Å². The largest absolute Gasteiger partial charge is 0.497 e. The van der Waals surface area contributed by atoms with Gasteiger partial charge in [0.2, 0.25) is 0 Å². The minimum Gasteiger partial charge on any atom is -0.497 e. The summed E-state index contributed by atoms with van der Waals surface area (Å²) in [5.74, 6) is 0.843. The zero-order chi connectivity index (χ0) is 20.4. The van der Waals surface area contributed by atoms with Gasteiger partial charge >= 0.3 is 0 Å². The summed E-state index contributed by atoms with van der Waals surface area (Å²) >= 11 is 1.39. The lowest BCUT2D eigenvalue weighted by Crippen LogP contribution is -2.48. The predicted molar refractivity (Wildman–Crippen MR) is 113 cm³/mol. The van der Waals surface area contributed by atoms with Gasteiger partial charge in [0, 0.05) is 54.9 Å². The number of nitro benzene ring substituents is 1. The van der Waals surface area contributed by atoms with Gasteiger partial charge in [-0.15, -0.1) is 11.3 Å². The summed E-state index contributed by atoms with van der Waals surface area (Å²) < 4.78 is 6.08. The van der Waals surface area contributed by atoms with Crippen LogP contribution in [-0.2, 0) is 6.54 Å². The maximum atomic E-state index is 12.9. The van der Waals surface area contributed by atoms with E-state index in [0.29, 0.717) is 18.0 Å². The van der Waals surface area contributed by atoms with Gasteiger partial charge in [0.1, 0.15) is 5.75 Å². The van der Waals surface area contributed by atoms with Crippen LogP contribution >= 0.6 is 11.3 Å². The molecule has 4 rings (SSSR count). The maximum Gasteiger partial charge on any atom is 0.270 e. The monoisotopic (exact) mass is 411 g/mol. The second kappa shape index (κ2) is 8.18. The molecule has 0 radical (unpaired) electrons. The third-order valence-corrected chi connectivity index (χ3v) is 6.25. The SMILES string of the molecule is COc1ccc(CN2CCN(C(=O)c3cc4cc([N+](=O)[O-])ccc4s3)CC2)cc1. The number of nitrogens with zero attached hydrogens (tertiary/aromatic N) is 3. The van der Waals surface area contributed by atoms with Crippen molar-refractivity contribution in [3.8, 4) is 5.75 Å². The van der Waals surface area contributed by atoms with Crippen LogP contribution in [0, 0.1) is 10.1 Å². The highest BCUT2D eigenvalue weighted by atomic mass is 32.1. The van der Waals surface area contributed by atoms with Crippen molar-refractivity contribution in [2.24, 2.45) is 0 Å². The first-order chi connectivity index (χ1) is 14.0. The number of carbonyl (C=O) groups excluding carboxylic acids is 1. The molecule has 150 valence electrons. The molecular formula is C21H21N3O4S. The fraction of sp³-hybridized carbons (Fsp3) is 0.286.